The van der Waals surface area contributed by atoms with Gasteiger partial charge in [0.05, 0.1) is 0 Å². The Morgan fingerprint density at radius 1 is 1.04 bits per heavy atom. The first kappa shape index (κ1) is 16.8. The van der Waals surface area contributed by atoms with E-state index in [2.05, 4.69) is 4.98 Å². The molecule has 5 rings (SSSR count). The molecular weight excluding hydrogens is 328 g/mol. The number of aliphatic hydroxyl groups is 2. The summed E-state index contributed by atoms with van der Waals surface area (Å²) in [7, 11) is 0. The molecule has 4 bridgehead atoms. The standard InChI is InChI=1S/C21H22N2O3/c22-23-19(18(25)9-17(24)16-4-2-1-3-5-16)20(26)21-10-13-6-14(11-21)8-15(7-13)12-21/h1-5,9,13-15H,6-8,10-12H2,(H-,24,25,26)/p+1. The summed E-state index contributed by atoms with van der Waals surface area (Å²) in [5, 5.41) is 30.0. The lowest BCUT2D eigenvalue weighted by Gasteiger charge is -2.55. The van der Waals surface area contributed by atoms with Gasteiger partial charge in [-0.15, -0.1) is 0 Å². The molecule has 5 nitrogen and oxygen atoms in total. The fourth-order valence-corrected chi connectivity index (χ4v) is 5.74. The van der Waals surface area contributed by atoms with Crippen LogP contribution in [0.25, 0.3) is 10.7 Å². The van der Waals surface area contributed by atoms with E-state index in [1.165, 1.54) is 19.3 Å². The zero-order valence-corrected chi connectivity index (χ0v) is 14.6. The number of rotatable bonds is 4. The number of Topliss-reactive ketones (excluding diaryl/α,β-unsaturated/α-hetero) is 1. The molecule has 0 spiro atoms. The number of hydrogen-bond donors (Lipinski definition) is 2. The number of diazo groups is 1. The van der Waals surface area contributed by atoms with Crippen LogP contribution >= 0.6 is 0 Å². The molecule has 0 aliphatic heterocycles. The highest BCUT2D eigenvalue weighted by molar-refractivity contribution is 6.02. The average molecular weight is 351 g/mol. The third kappa shape index (κ3) is 2.80. The topological polar surface area (TPSA) is 85.7 Å². The molecule has 4 fully saturated rings. The van der Waals surface area contributed by atoms with E-state index in [0.717, 1.165) is 25.3 Å². The van der Waals surface area contributed by atoms with Crippen LogP contribution in [0.2, 0.25) is 0 Å². The summed E-state index contributed by atoms with van der Waals surface area (Å²) in [5.41, 5.74) is -0.339. The number of carbonyl (C=O) groups excluding carboxylic acids is 1. The average Bonchev–Trinajstić information content (AvgIpc) is 2.62. The van der Waals surface area contributed by atoms with E-state index in [0.29, 0.717) is 23.3 Å². The van der Waals surface area contributed by atoms with Crippen LogP contribution in [0.15, 0.2) is 47.9 Å². The number of carbonyl (C=O) groups is 1. The minimum absolute atomic E-state index is 0.178. The summed E-state index contributed by atoms with van der Waals surface area (Å²) >= 11 is 0. The van der Waals surface area contributed by atoms with Crippen molar-refractivity contribution in [2.75, 3.05) is 0 Å². The van der Waals surface area contributed by atoms with Gasteiger partial charge in [-0.3, -0.25) is 4.79 Å². The second kappa shape index (κ2) is 6.28. The van der Waals surface area contributed by atoms with Crippen LogP contribution in [-0.2, 0) is 4.79 Å². The van der Waals surface area contributed by atoms with Crippen molar-refractivity contribution in [2.24, 2.45) is 23.2 Å². The van der Waals surface area contributed by atoms with E-state index in [1.807, 2.05) is 6.07 Å². The SMILES string of the molecule is N#[N+]C(C(=O)C12CC3CC(CC(C3)C1)C2)=C(O)/C=C(\O)c1ccccc1. The van der Waals surface area contributed by atoms with Crippen LogP contribution in [0.5, 0.6) is 0 Å². The smallest absolute Gasteiger partial charge is 0.468 e. The summed E-state index contributed by atoms with van der Waals surface area (Å²) in [6, 6.07) is 8.72. The minimum atomic E-state index is -0.513. The monoisotopic (exact) mass is 351 g/mol. The predicted molar refractivity (Wildman–Crippen MR) is 97.4 cm³/mol. The third-order valence-electron chi connectivity index (χ3n) is 6.42. The molecule has 4 saturated carbocycles. The van der Waals surface area contributed by atoms with Crippen LogP contribution in [0.4, 0.5) is 0 Å². The number of allylic oxidation sites excluding steroid dienone is 2. The summed E-state index contributed by atoms with van der Waals surface area (Å²) in [4.78, 5) is 16.3. The molecule has 26 heavy (non-hydrogen) atoms. The van der Waals surface area contributed by atoms with Crippen molar-refractivity contribution in [1.29, 1.82) is 5.39 Å². The van der Waals surface area contributed by atoms with Crippen LogP contribution in [0.1, 0.15) is 44.1 Å². The largest absolute Gasteiger partial charge is 0.507 e. The Morgan fingerprint density at radius 3 is 2.08 bits per heavy atom. The van der Waals surface area contributed by atoms with Crippen molar-refractivity contribution in [2.45, 2.75) is 38.5 Å². The molecule has 4 aliphatic carbocycles. The molecule has 2 N–H and O–H groups in total. The van der Waals surface area contributed by atoms with Gasteiger partial charge in [-0.05, 0) is 56.3 Å². The molecule has 0 saturated heterocycles. The maximum absolute atomic E-state index is 13.2. The highest BCUT2D eigenvalue weighted by Crippen LogP contribution is 2.61. The Balaban J connectivity index is 1.65. The van der Waals surface area contributed by atoms with Gasteiger partial charge >= 0.3 is 5.70 Å². The highest BCUT2D eigenvalue weighted by atomic mass is 16.3. The maximum atomic E-state index is 13.2. The molecule has 4 aliphatic rings. The predicted octanol–water partition coefficient (Wildman–Crippen LogP) is 4.99. The zero-order valence-electron chi connectivity index (χ0n) is 14.6. The van der Waals surface area contributed by atoms with Gasteiger partial charge in [0.25, 0.3) is 5.78 Å². The van der Waals surface area contributed by atoms with Gasteiger partial charge in [-0.1, -0.05) is 30.3 Å². The molecule has 1 aromatic carbocycles. The maximum Gasteiger partial charge on any atom is 0.468 e. The molecule has 0 aromatic heterocycles. The number of benzene rings is 1. The van der Waals surface area contributed by atoms with Crippen molar-refractivity contribution in [3.05, 3.63) is 58.4 Å². The van der Waals surface area contributed by atoms with Crippen molar-refractivity contribution in [1.82, 2.24) is 0 Å². The van der Waals surface area contributed by atoms with Crippen LogP contribution in [0.3, 0.4) is 0 Å². The minimum Gasteiger partial charge on any atom is -0.507 e. The Hall–Kier alpha value is -2.61. The van der Waals surface area contributed by atoms with Crippen molar-refractivity contribution < 1.29 is 15.0 Å². The van der Waals surface area contributed by atoms with E-state index in [1.54, 1.807) is 24.3 Å². The van der Waals surface area contributed by atoms with Gasteiger partial charge in [0, 0.05) is 17.1 Å². The number of nitrogens with zero attached hydrogens (tertiary/aromatic N) is 2. The summed E-state index contributed by atoms with van der Waals surface area (Å²) in [6.45, 7) is 0. The first-order chi connectivity index (χ1) is 12.5. The van der Waals surface area contributed by atoms with Gasteiger partial charge in [0.1, 0.15) is 5.76 Å². The molecule has 0 amide bonds. The first-order valence-corrected chi connectivity index (χ1v) is 9.30. The van der Waals surface area contributed by atoms with Gasteiger partial charge in [-0.25, -0.2) is 0 Å². The van der Waals surface area contributed by atoms with E-state index in [-0.39, 0.29) is 17.2 Å². The Morgan fingerprint density at radius 2 is 1.58 bits per heavy atom. The molecule has 0 atom stereocenters. The van der Waals surface area contributed by atoms with E-state index < -0.39 is 11.2 Å². The number of hydrogen-bond acceptors (Lipinski definition) is 4. The molecular formula is C21H23N2O3+. The lowest BCUT2D eigenvalue weighted by molar-refractivity contribution is -0.139. The molecule has 0 unspecified atom stereocenters. The normalized spacial score (nSPS) is 33.5. The Labute approximate surface area is 152 Å². The third-order valence-corrected chi connectivity index (χ3v) is 6.42. The van der Waals surface area contributed by atoms with Crippen molar-refractivity contribution in [3.8, 4) is 0 Å². The summed E-state index contributed by atoms with van der Waals surface area (Å²) in [5.74, 6) is 0.757. The van der Waals surface area contributed by atoms with E-state index >= 15 is 0 Å². The second-order valence-electron chi connectivity index (χ2n) is 8.26. The van der Waals surface area contributed by atoms with Crippen LogP contribution in [0, 0.1) is 28.6 Å². The zero-order chi connectivity index (χ0) is 18.3. The summed E-state index contributed by atoms with van der Waals surface area (Å²) in [6.07, 6.45) is 7.13. The first-order valence-electron chi connectivity index (χ1n) is 9.30. The molecule has 0 heterocycles. The summed E-state index contributed by atoms with van der Waals surface area (Å²) < 4.78 is 0. The van der Waals surface area contributed by atoms with Gasteiger partial charge < -0.3 is 10.2 Å². The van der Waals surface area contributed by atoms with Crippen molar-refractivity contribution in [3.63, 3.8) is 0 Å². The van der Waals surface area contributed by atoms with Gasteiger partial charge in [0.2, 0.25) is 11.2 Å². The fourth-order valence-electron chi connectivity index (χ4n) is 5.74. The molecule has 0 radical (unpaired) electrons. The molecule has 1 aromatic rings. The quantitative estimate of drug-likeness (QED) is 0.346. The fraction of sp³-hybridized carbons (Fsp3) is 0.476. The van der Waals surface area contributed by atoms with Crippen LogP contribution < -0.4 is 0 Å². The highest BCUT2D eigenvalue weighted by Gasteiger charge is 2.58. The molecule has 134 valence electrons. The number of ketones is 1. The lowest BCUT2D eigenvalue weighted by atomic mass is 9.48. The Kier molecular flexibility index (Phi) is 4.07. The second-order valence-corrected chi connectivity index (χ2v) is 8.26. The van der Waals surface area contributed by atoms with E-state index in [4.69, 9.17) is 0 Å². The van der Waals surface area contributed by atoms with Crippen LogP contribution in [-0.4, -0.2) is 16.0 Å². The van der Waals surface area contributed by atoms with E-state index in [9.17, 15) is 20.4 Å². The lowest BCUT2D eigenvalue weighted by Crippen LogP contribution is -2.50. The van der Waals surface area contributed by atoms with Gasteiger partial charge in [0.15, 0.2) is 4.98 Å². The van der Waals surface area contributed by atoms with Gasteiger partial charge in [-0.2, -0.15) is 0 Å². The Bertz CT molecular complexity index is 797. The number of aliphatic hydroxyl groups excluding tert-OH is 2. The molecule has 5 heteroatoms. The van der Waals surface area contributed by atoms with Crippen molar-refractivity contribution >= 4 is 11.5 Å².